The van der Waals surface area contributed by atoms with Crippen LogP contribution in [-0.4, -0.2) is 12.6 Å². The Morgan fingerprint density at radius 3 is 2.47 bits per heavy atom. The SMILES string of the molecule is CCOC(=O)/C(=C/c1ccccc1)CC(C)C. The molecule has 17 heavy (non-hydrogen) atoms. The minimum Gasteiger partial charge on any atom is -0.463 e. The molecule has 2 nitrogen and oxygen atoms in total. The molecule has 0 aliphatic rings. The maximum Gasteiger partial charge on any atom is 0.334 e. The van der Waals surface area contributed by atoms with Crippen molar-refractivity contribution in [1.82, 2.24) is 0 Å². The minimum absolute atomic E-state index is 0.204. The van der Waals surface area contributed by atoms with E-state index in [1.807, 2.05) is 43.3 Å². The van der Waals surface area contributed by atoms with Gasteiger partial charge in [-0.1, -0.05) is 44.2 Å². The predicted octanol–water partition coefficient (Wildman–Crippen LogP) is 3.68. The third-order valence-electron chi connectivity index (χ3n) is 2.31. The zero-order valence-corrected chi connectivity index (χ0v) is 10.8. The molecule has 0 bridgehead atoms. The molecule has 0 saturated heterocycles. The van der Waals surface area contributed by atoms with Gasteiger partial charge >= 0.3 is 5.97 Å². The van der Waals surface area contributed by atoms with Gasteiger partial charge in [0.2, 0.25) is 0 Å². The summed E-state index contributed by atoms with van der Waals surface area (Å²) in [4.78, 5) is 11.8. The Bertz CT molecular complexity index is 377. The van der Waals surface area contributed by atoms with Crippen molar-refractivity contribution >= 4 is 12.0 Å². The molecule has 0 aromatic heterocycles. The number of rotatable bonds is 5. The summed E-state index contributed by atoms with van der Waals surface area (Å²) in [6.45, 7) is 6.44. The topological polar surface area (TPSA) is 26.3 Å². The molecule has 0 atom stereocenters. The highest BCUT2D eigenvalue weighted by molar-refractivity contribution is 5.93. The van der Waals surface area contributed by atoms with Crippen LogP contribution in [-0.2, 0) is 9.53 Å². The molecule has 0 aliphatic carbocycles. The van der Waals surface area contributed by atoms with E-state index in [1.165, 1.54) is 0 Å². The molecular weight excluding hydrogens is 212 g/mol. The lowest BCUT2D eigenvalue weighted by Gasteiger charge is -2.09. The average Bonchev–Trinajstić information content (AvgIpc) is 2.29. The Morgan fingerprint density at radius 2 is 1.94 bits per heavy atom. The van der Waals surface area contributed by atoms with Crippen molar-refractivity contribution in [2.24, 2.45) is 5.92 Å². The summed E-state index contributed by atoms with van der Waals surface area (Å²) in [5, 5.41) is 0. The van der Waals surface area contributed by atoms with Crippen LogP contribution in [0, 0.1) is 5.92 Å². The molecular formula is C15H20O2. The van der Waals surface area contributed by atoms with Crippen LogP contribution < -0.4 is 0 Å². The van der Waals surface area contributed by atoms with Gasteiger partial charge in [-0.2, -0.15) is 0 Å². The Labute approximate surface area is 103 Å². The van der Waals surface area contributed by atoms with Gasteiger partial charge in [0.25, 0.3) is 0 Å². The molecule has 1 aromatic carbocycles. The summed E-state index contributed by atoms with van der Waals surface area (Å²) < 4.78 is 5.07. The van der Waals surface area contributed by atoms with Gasteiger partial charge in [-0.15, -0.1) is 0 Å². The molecule has 0 fully saturated rings. The minimum atomic E-state index is -0.204. The van der Waals surface area contributed by atoms with Crippen molar-refractivity contribution in [3.05, 3.63) is 41.5 Å². The van der Waals surface area contributed by atoms with Crippen LogP contribution in [0.4, 0.5) is 0 Å². The predicted molar refractivity (Wildman–Crippen MR) is 70.5 cm³/mol. The van der Waals surface area contributed by atoms with E-state index in [-0.39, 0.29) is 5.97 Å². The zero-order chi connectivity index (χ0) is 12.7. The number of hydrogen-bond acceptors (Lipinski definition) is 2. The summed E-state index contributed by atoms with van der Waals surface area (Å²) >= 11 is 0. The standard InChI is InChI=1S/C15H20O2/c1-4-17-15(16)14(10-12(2)3)11-13-8-6-5-7-9-13/h5-9,11-12H,4,10H2,1-3H3/b14-11+. The Hall–Kier alpha value is -1.57. The van der Waals surface area contributed by atoms with Gasteiger partial charge in [0.05, 0.1) is 6.61 Å². The van der Waals surface area contributed by atoms with E-state index in [4.69, 9.17) is 4.74 Å². The van der Waals surface area contributed by atoms with E-state index in [2.05, 4.69) is 13.8 Å². The van der Waals surface area contributed by atoms with Crippen LogP contribution in [0.1, 0.15) is 32.8 Å². The van der Waals surface area contributed by atoms with E-state index >= 15 is 0 Å². The third kappa shape index (κ3) is 4.85. The first-order valence-electron chi connectivity index (χ1n) is 6.06. The largest absolute Gasteiger partial charge is 0.463 e. The lowest BCUT2D eigenvalue weighted by Crippen LogP contribution is -2.09. The van der Waals surface area contributed by atoms with Gasteiger partial charge in [0.1, 0.15) is 0 Å². The summed E-state index contributed by atoms with van der Waals surface area (Å²) in [5.74, 6) is 0.236. The Kier molecular flexibility index (Phi) is 5.47. The quantitative estimate of drug-likeness (QED) is 0.572. The zero-order valence-electron chi connectivity index (χ0n) is 10.8. The number of carbonyl (C=O) groups is 1. The second-order valence-electron chi connectivity index (χ2n) is 4.40. The van der Waals surface area contributed by atoms with Gasteiger partial charge in [-0.3, -0.25) is 0 Å². The molecule has 92 valence electrons. The van der Waals surface area contributed by atoms with Gasteiger partial charge in [-0.05, 0) is 30.9 Å². The molecule has 2 heteroatoms. The highest BCUT2D eigenvalue weighted by Crippen LogP contribution is 2.16. The van der Waals surface area contributed by atoms with Gasteiger partial charge in [0.15, 0.2) is 0 Å². The van der Waals surface area contributed by atoms with Crippen LogP contribution >= 0.6 is 0 Å². The fraction of sp³-hybridized carbons (Fsp3) is 0.400. The van der Waals surface area contributed by atoms with Gasteiger partial charge in [0, 0.05) is 5.57 Å². The maximum atomic E-state index is 11.8. The van der Waals surface area contributed by atoms with Crippen molar-refractivity contribution in [3.8, 4) is 0 Å². The average molecular weight is 232 g/mol. The fourth-order valence-corrected chi connectivity index (χ4v) is 1.62. The molecule has 0 heterocycles. The molecule has 0 unspecified atom stereocenters. The highest BCUT2D eigenvalue weighted by Gasteiger charge is 2.12. The maximum absolute atomic E-state index is 11.8. The van der Waals surface area contributed by atoms with Crippen LogP contribution in [0.2, 0.25) is 0 Å². The fourth-order valence-electron chi connectivity index (χ4n) is 1.62. The molecule has 0 N–H and O–H groups in total. The molecule has 0 radical (unpaired) electrons. The molecule has 0 spiro atoms. The molecule has 0 amide bonds. The summed E-state index contributed by atoms with van der Waals surface area (Å²) in [6, 6.07) is 9.86. The normalized spacial score (nSPS) is 11.6. The number of hydrogen-bond donors (Lipinski definition) is 0. The van der Waals surface area contributed by atoms with Crippen molar-refractivity contribution in [2.45, 2.75) is 27.2 Å². The van der Waals surface area contributed by atoms with E-state index in [9.17, 15) is 4.79 Å². The van der Waals surface area contributed by atoms with Crippen molar-refractivity contribution in [2.75, 3.05) is 6.61 Å². The Balaban J connectivity index is 2.89. The van der Waals surface area contributed by atoms with Crippen LogP contribution in [0.15, 0.2) is 35.9 Å². The van der Waals surface area contributed by atoms with Crippen molar-refractivity contribution < 1.29 is 9.53 Å². The second kappa shape index (κ2) is 6.89. The number of ether oxygens (including phenoxy) is 1. The monoisotopic (exact) mass is 232 g/mol. The molecule has 1 rings (SSSR count). The molecule has 0 aliphatic heterocycles. The second-order valence-corrected chi connectivity index (χ2v) is 4.40. The lowest BCUT2D eigenvalue weighted by molar-refractivity contribution is -0.138. The van der Waals surface area contributed by atoms with Crippen LogP contribution in [0.5, 0.6) is 0 Å². The van der Waals surface area contributed by atoms with Crippen LogP contribution in [0.3, 0.4) is 0 Å². The van der Waals surface area contributed by atoms with E-state index in [0.717, 1.165) is 17.6 Å². The summed E-state index contributed by atoms with van der Waals surface area (Å²) in [5.41, 5.74) is 1.78. The number of carbonyl (C=O) groups excluding carboxylic acids is 1. The summed E-state index contributed by atoms with van der Waals surface area (Å²) in [6.07, 6.45) is 2.66. The smallest absolute Gasteiger partial charge is 0.334 e. The first-order chi connectivity index (χ1) is 8.13. The van der Waals surface area contributed by atoms with Gasteiger partial charge < -0.3 is 4.74 Å². The molecule has 1 aromatic rings. The highest BCUT2D eigenvalue weighted by atomic mass is 16.5. The first kappa shape index (κ1) is 13.5. The van der Waals surface area contributed by atoms with E-state index < -0.39 is 0 Å². The Morgan fingerprint density at radius 1 is 1.29 bits per heavy atom. The van der Waals surface area contributed by atoms with Crippen LogP contribution in [0.25, 0.3) is 6.08 Å². The number of benzene rings is 1. The van der Waals surface area contributed by atoms with Gasteiger partial charge in [-0.25, -0.2) is 4.79 Å². The first-order valence-corrected chi connectivity index (χ1v) is 6.06. The van der Waals surface area contributed by atoms with Crippen molar-refractivity contribution in [1.29, 1.82) is 0 Å². The summed E-state index contributed by atoms with van der Waals surface area (Å²) in [7, 11) is 0. The number of esters is 1. The molecule has 0 saturated carbocycles. The van der Waals surface area contributed by atoms with Crippen molar-refractivity contribution in [3.63, 3.8) is 0 Å². The van der Waals surface area contributed by atoms with E-state index in [1.54, 1.807) is 0 Å². The third-order valence-corrected chi connectivity index (χ3v) is 2.31. The van der Waals surface area contributed by atoms with E-state index in [0.29, 0.717) is 12.5 Å². The lowest BCUT2D eigenvalue weighted by atomic mass is 10.0.